The van der Waals surface area contributed by atoms with Gasteiger partial charge in [0.25, 0.3) is 0 Å². The summed E-state index contributed by atoms with van der Waals surface area (Å²) in [5, 5.41) is 10.7. The summed E-state index contributed by atoms with van der Waals surface area (Å²) < 4.78 is 37.0. The summed E-state index contributed by atoms with van der Waals surface area (Å²) in [4.78, 5) is 23.6. The van der Waals surface area contributed by atoms with Crippen LogP contribution in [0.1, 0.15) is 42.8 Å². The lowest BCUT2D eigenvalue weighted by molar-refractivity contribution is -0.136. The Morgan fingerprint density at radius 3 is 2.69 bits per heavy atom. The van der Waals surface area contributed by atoms with Crippen molar-refractivity contribution >= 4 is 28.1 Å². The smallest absolute Gasteiger partial charge is 0.342 e. The lowest BCUT2D eigenvalue weighted by Crippen LogP contribution is -2.39. The average molecular weight is 464 g/mol. The van der Waals surface area contributed by atoms with Gasteiger partial charge >= 0.3 is 6.18 Å². The molecule has 0 radical (unpaired) electrons. The molecule has 3 aromatic heterocycles. The van der Waals surface area contributed by atoms with Crippen molar-refractivity contribution in [2.75, 3.05) is 13.1 Å². The van der Waals surface area contributed by atoms with Gasteiger partial charge in [0, 0.05) is 31.1 Å². The number of aryl methyl sites for hydroxylation is 1. The third-order valence-electron chi connectivity index (χ3n) is 5.75. The molecule has 1 aliphatic heterocycles. The Morgan fingerprint density at radius 2 is 2.00 bits per heavy atom. The zero-order chi connectivity index (χ0) is 22.7. The maximum absolute atomic E-state index is 12.7. The molecule has 0 N–H and O–H groups in total. The third-order valence-corrected chi connectivity index (χ3v) is 6.61. The largest absolute Gasteiger partial charge is 0.389 e. The predicted molar refractivity (Wildman–Crippen MR) is 116 cm³/mol. The highest BCUT2D eigenvalue weighted by molar-refractivity contribution is 7.14. The maximum Gasteiger partial charge on any atom is 0.389 e. The molecule has 0 atom stereocenters. The van der Waals surface area contributed by atoms with E-state index in [0.29, 0.717) is 25.2 Å². The second kappa shape index (κ2) is 9.48. The van der Waals surface area contributed by atoms with E-state index in [2.05, 4.69) is 20.2 Å². The number of fused-ring (bicyclic) bond motifs is 1. The van der Waals surface area contributed by atoms with Crippen LogP contribution in [0, 0.1) is 12.8 Å². The summed E-state index contributed by atoms with van der Waals surface area (Å²) in [6.07, 6.45) is -0.693. The van der Waals surface area contributed by atoms with Gasteiger partial charge in [-0.15, -0.1) is 10.2 Å². The number of aromatic nitrogens is 4. The van der Waals surface area contributed by atoms with Gasteiger partial charge in [0.05, 0.1) is 17.6 Å². The van der Waals surface area contributed by atoms with Gasteiger partial charge in [-0.2, -0.15) is 13.2 Å². The topological polar surface area (TPSA) is 71.9 Å². The predicted octanol–water partition coefficient (Wildman–Crippen LogP) is 4.97. The number of hydrogen-bond acceptors (Lipinski definition) is 6. The van der Waals surface area contributed by atoms with Crippen LogP contribution in [0.25, 0.3) is 21.6 Å². The highest BCUT2D eigenvalue weighted by atomic mass is 32.1. The fraction of sp³-hybridized carbons (Fsp3) is 0.500. The Hall–Kier alpha value is -2.62. The molecule has 4 rings (SSSR count). The average Bonchev–Trinajstić information content (AvgIpc) is 3.19. The SMILES string of the molecule is Cc1nnc(-c2ccc3cnc(CC(=O)N4CCC(CCCC(F)(F)F)CC4)cc3n2)s1. The van der Waals surface area contributed by atoms with E-state index in [4.69, 9.17) is 0 Å². The number of rotatable bonds is 6. The summed E-state index contributed by atoms with van der Waals surface area (Å²) in [5.41, 5.74) is 2.13. The second-order valence-corrected chi connectivity index (χ2v) is 9.38. The minimum atomic E-state index is -4.09. The minimum absolute atomic E-state index is 0.0125. The molecule has 32 heavy (non-hydrogen) atoms. The first-order valence-corrected chi connectivity index (χ1v) is 11.5. The van der Waals surface area contributed by atoms with E-state index in [-0.39, 0.29) is 24.7 Å². The molecular formula is C22H24F3N5OS. The van der Waals surface area contributed by atoms with Gasteiger partial charge in [-0.1, -0.05) is 11.3 Å². The van der Waals surface area contributed by atoms with Crippen LogP contribution < -0.4 is 0 Å². The Labute approximate surface area is 187 Å². The normalized spacial score (nSPS) is 15.4. The summed E-state index contributed by atoms with van der Waals surface area (Å²) in [5.74, 6) is 0.244. The minimum Gasteiger partial charge on any atom is -0.342 e. The van der Waals surface area contributed by atoms with Crippen molar-refractivity contribution in [2.24, 2.45) is 5.92 Å². The molecule has 0 saturated carbocycles. The monoisotopic (exact) mass is 463 g/mol. The number of piperidine rings is 1. The van der Waals surface area contributed by atoms with Crippen LogP contribution in [0.4, 0.5) is 13.2 Å². The first-order valence-electron chi connectivity index (χ1n) is 10.7. The van der Waals surface area contributed by atoms with E-state index in [9.17, 15) is 18.0 Å². The van der Waals surface area contributed by atoms with Gasteiger partial charge in [0.2, 0.25) is 5.91 Å². The fourth-order valence-electron chi connectivity index (χ4n) is 4.00. The number of nitrogens with zero attached hydrogens (tertiary/aromatic N) is 5. The number of carbonyl (C=O) groups is 1. The lowest BCUT2D eigenvalue weighted by Gasteiger charge is -2.32. The van der Waals surface area contributed by atoms with Gasteiger partial charge in [-0.25, -0.2) is 4.98 Å². The van der Waals surface area contributed by atoms with Crippen molar-refractivity contribution < 1.29 is 18.0 Å². The number of pyridine rings is 2. The Morgan fingerprint density at radius 1 is 1.22 bits per heavy atom. The van der Waals surface area contributed by atoms with Crippen LogP contribution in [0.2, 0.25) is 0 Å². The molecule has 170 valence electrons. The second-order valence-electron chi connectivity index (χ2n) is 8.20. The summed E-state index contributed by atoms with van der Waals surface area (Å²) in [7, 11) is 0. The summed E-state index contributed by atoms with van der Waals surface area (Å²) in [6, 6.07) is 5.64. The van der Waals surface area contributed by atoms with E-state index in [0.717, 1.165) is 39.5 Å². The zero-order valence-electron chi connectivity index (χ0n) is 17.7. The van der Waals surface area contributed by atoms with Crippen LogP contribution in [0.3, 0.4) is 0 Å². The lowest BCUT2D eigenvalue weighted by atomic mass is 9.91. The van der Waals surface area contributed by atoms with Crippen molar-refractivity contribution in [1.82, 2.24) is 25.1 Å². The van der Waals surface area contributed by atoms with Crippen LogP contribution in [-0.2, 0) is 11.2 Å². The van der Waals surface area contributed by atoms with E-state index < -0.39 is 12.6 Å². The van der Waals surface area contributed by atoms with Crippen molar-refractivity contribution in [3.8, 4) is 10.7 Å². The van der Waals surface area contributed by atoms with Gasteiger partial charge in [0.1, 0.15) is 10.7 Å². The van der Waals surface area contributed by atoms with Crippen LogP contribution in [0.5, 0.6) is 0 Å². The van der Waals surface area contributed by atoms with Crippen LogP contribution in [-0.4, -0.2) is 50.2 Å². The quantitative estimate of drug-likeness (QED) is 0.516. The van der Waals surface area contributed by atoms with Gasteiger partial charge in [0.15, 0.2) is 5.01 Å². The number of halogens is 3. The van der Waals surface area contributed by atoms with Gasteiger partial charge in [-0.05, 0) is 56.7 Å². The van der Waals surface area contributed by atoms with Gasteiger partial charge in [-0.3, -0.25) is 9.78 Å². The maximum atomic E-state index is 12.7. The molecule has 10 heteroatoms. The molecule has 4 heterocycles. The van der Waals surface area contributed by atoms with Crippen molar-refractivity contribution in [3.63, 3.8) is 0 Å². The van der Waals surface area contributed by atoms with Crippen molar-refractivity contribution in [3.05, 3.63) is 35.1 Å². The van der Waals surface area contributed by atoms with E-state index >= 15 is 0 Å². The molecule has 0 aromatic carbocycles. The molecule has 1 amide bonds. The van der Waals surface area contributed by atoms with Crippen molar-refractivity contribution in [2.45, 2.75) is 51.6 Å². The zero-order valence-corrected chi connectivity index (χ0v) is 18.5. The molecule has 1 fully saturated rings. The Kier molecular flexibility index (Phi) is 6.68. The fourth-order valence-corrected chi connectivity index (χ4v) is 4.66. The number of alkyl halides is 3. The number of amides is 1. The van der Waals surface area contributed by atoms with Crippen LogP contribution in [0.15, 0.2) is 24.4 Å². The molecule has 6 nitrogen and oxygen atoms in total. The molecule has 0 bridgehead atoms. The van der Waals surface area contributed by atoms with Crippen molar-refractivity contribution in [1.29, 1.82) is 0 Å². The highest BCUT2D eigenvalue weighted by Gasteiger charge is 2.28. The summed E-state index contributed by atoms with van der Waals surface area (Å²) >= 11 is 1.47. The standard InChI is InChI=1S/C22H24F3N5OS/c1-14-28-29-21(32-14)18-5-4-16-13-26-17(11-19(16)27-18)12-20(31)30-9-6-15(7-10-30)3-2-8-22(23,24)25/h4-5,11,13,15H,2-3,6-10,12H2,1H3. The number of likely N-dealkylation sites (tertiary alicyclic amines) is 1. The molecule has 0 spiro atoms. The molecular weight excluding hydrogens is 439 g/mol. The van der Waals surface area contributed by atoms with Crippen LogP contribution >= 0.6 is 11.3 Å². The number of hydrogen-bond donors (Lipinski definition) is 0. The first-order chi connectivity index (χ1) is 15.3. The van der Waals surface area contributed by atoms with E-state index in [1.54, 1.807) is 11.1 Å². The number of carbonyl (C=O) groups excluding carboxylic acids is 1. The first kappa shape index (κ1) is 22.6. The highest BCUT2D eigenvalue weighted by Crippen LogP contribution is 2.28. The molecule has 1 aliphatic rings. The Balaban J connectivity index is 1.34. The molecule has 0 aliphatic carbocycles. The molecule has 3 aromatic rings. The van der Waals surface area contributed by atoms with E-state index in [1.807, 2.05) is 25.1 Å². The molecule has 0 unspecified atom stereocenters. The van der Waals surface area contributed by atoms with E-state index in [1.165, 1.54) is 11.3 Å². The molecule has 1 saturated heterocycles. The third kappa shape index (κ3) is 5.79. The Bertz CT molecular complexity index is 1090. The van der Waals surface area contributed by atoms with Gasteiger partial charge < -0.3 is 4.90 Å². The summed E-state index contributed by atoms with van der Waals surface area (Å²) in [6.45, 7) is 3.06.